The standard InChI is InChI=1S/C58H103NO5/c1-4-7-10-13-16-19-22-25-28-30-33-36-39-42-45-48-51-58(63)64-54(49-46-43-40-37-34-31-29-26-23-20-17-14-11-8-5-2)52-57(62)59-55(53-60)56(61)50-47-44-41-38-35-32-27-24-21-18-15-12-9-6-3/h8,11,17,20,26,28-30,34,37,43,46,54-56,60-61H,4-7,9-10,12-16,18-19,21-25,27,31-33,35-36,38-42,44-45,47-53H2,1-3H3,(H,59,62)/b11-8-,20-17-,29-26-,30-28+,37-34-,46-43-. The molecule has 0 saturated heterocycles. The van der Waals surface area contributed by atoms with E-state index in [4.69, 9.17) is 4.74 Å². The summed E-state index contributed by atoms with van der Waals surface area (Å²) in [6.45, 7) is 6.35. The van der Waals surface area contributed by atoms with Gasteiger partial charge >= 0.3 is 5.97 Å². The van der Waals surface area contributed by atoms with E-state index < -0.39 is 18.2 Å². The molecule has 3 atom stereocenters. The van der Waals surface area contributed by atoms with Gasteiger partial charge in [-0.15, -0.1) is 0 Å². The van der Waals surface area contributed by atoms with Crippen molar-refractivity contribution in [1.29, 1.82) is 0 Å². The Morgan fingerprint density at radius 2 is 0.875 bits per heavy atom. The van der Waals surface area contributed by atoms with Crippen LogP contribution in [-0.4, -0.2) is 46.9 Å². The maximum Gasteiger partial charge on any atom is 0.306 e. The molecule has 0 heterocycles. The summed E-state index contributed by atoms with van der Waals surface area (Å²) < 4.78 is 5.88. The van der Waals surface area contributed by atoms with E-state index in [1.165, 1.54) is 135 Å². The van der Waals surface area contributed by atoms with Crippen LogP contribution in [0.25, 0.3) is 0 Å². The topological polar surface area (TPSA) is 95.9 Å². The first-order valence-corrected chi connectivity index (χ1v) is 27.2. The average Bonchev–Trinajstić information content (AvgIpc) is 3.29. The highest BCUT2D eigenvalue weighted by atomic mass is 16.5. The monoisotopic (exact) mass is 894 g/mol. The normalized spacial score (nSPS) is 13.8. The van der Waals surface area contributed by atoms with Crippen LogP contribution in [-0.2, 0) is 14.3 Å². The van der Waals surface area contributed by atoms with Crippen LogP contribution in [0.3, 0.4) is 0 Å². The van der Waals surface area contributed by atoms with E-state index in [2.05, 4.69) is 86.8 Å². The summed E-state index contributed by atoms with van der Waals surface area (Å²) in [6, 6.07) is -0.736. The Morgan fingerprint density at radius 3 is 1.31 bits per heavy atom. The fraction of sp³-hybridized carbons (Fsp3) is 0.759. The second kappa shape index (κ2) is 51.3. The van der Waals surface area contributed by atoms with E-state index in [0.29, 0.717) is 19.3 Å². The van der Waals surface area contributed by atoms with Crippen molar-refractivity contribution in [3.63, 3.8) is 0 Å². The van der Waals surface area contributed by atoms with Gasteiger partial charge in [0.15, 0.2) is 0 Å². The van der Waals surface area contributed by atoms with Crippen molar-refractivity contribution in [2.75, 3.05) is 6.61 Å². The van der Waals surface area contributed by atoms with Crippen LogP contribution in [0.1, 0.15) is 258 Å². The predicted octanol–water partition coefficient (Wildman–Crippen LogP) is 16.6. The van der Waals surface area contributed by atoms with Crippen molar-refractivity contribution in [2.24, 2.45) is 0 Å². The molecular weight excluding hydrogens is 791 g/mol. The third-order valence-electron chi connectivity index (χ3n) is 12.0. The third-order valence-corrected chi connectivity index (χ3v) is 12.0. The van der Waals surface area contributed by atoms with Gasteiger partial charge in [0, 0.05) is 12.8 Å². The zero-order valence-corrected chi connectivity index (χ0v) is 42.1. The molecule has 0 bridgehead atoms. The zero-order chi connectivity index (χ0) is 46.7. The van der Waals surface area contributed by atoms with Gasteiger partial charge in [-0.3, -0.25) is 9.59 Å². The highest BCUT2D eigenvalue weighted by Gasteiger charge is 2.23. The number of hydrogen-bond donors (Lipinski definition) is 3. The summed E-state index contributed by atoms with van der Waals surface area (Å²) in [6.07, 6.45) is 65.5. The molecule has 0 radical (unpaired) electrons. The summed E-state index contributed by atoms with van der Waals surface area (Å²) in [5, 5.41) is 23.8. The molecule has 3 unspecified atom stereocenters. The lowest BCUT2D eigenvalue weighted by molar-refractivity contribution is -0.150. The maximum atomic E-state index is 13.2. The van der Waals surface area contributed by atoms with E-state index >= 15 is 0 Å². The van der Waals surface area contributed by atoms with Crippen LogP contribution in [0.15, 0.2) is 72.9 Å². The lowest BCUT2D eigenvalue weighted by atomic mass is 10.0. The first-order valence-electron chi connectivity index (χ1n) is 27.2. The molecule has 6 nitrogen and oxygen atoms in total. The highest BCUT2D eigenvalue weighted by Crippen LogP contribution is 2.16. The van der Waals surface area contributed by atoms with E-state index in [1.54, 1.807) is 0 Å². The van der Waals surface area contributed by atoms with Crippen LogP contribution >= 0.6 is 0 Å². The summed E-state index contributed by atoms with van der Waals surface area (Å²) in [5.74, 6) is -0.587. The van der Waals surface area contributed by atoms with E-state index in [-0.39, 0.29) is 24.9 Å². The number of hydrogen-bond acceptors (Lipinski definition) is 5. The largest absolute Gasteiger partial charge is 0.461 e. The molecule has 0 rings (SSSR count). The second-order valence-electron chi connectivity index (χ2n) is 18.3. The van der Waals surface area contributed by atoms with E-state index in [1.807, 2.05) is 12.2 Å². The molecule has 0 aliphatic rings. The number of aliphatic hydroxyl groups is 2. The number of carbonyl (C=O) groups is 2. The van der Waals surface area contributed by atoms with Crippen LogP contribution in [0.2, 0.25) is 0 Å². The first kappa shape index (κ1) is 61.3. The summed E-state index contributed by atoms with van der Waals surface area (Å²) in [4.78, 5) is 26.2. The molecule has 1 amide bonds. The van der Waals surface area contributed by atoms with Gasteiger partial charge in [0.2, 0.25) is 5.91 Å². The molecule has 0 saturated carbocycles. The number of carbonyl (C=O) groups excluding carboxylic acids is 2. The number of allylic oxidation sites excluding steroid dienone is 11. The van der Waals surface area contributed by atoms with Crippen LogP contribution in [0, 0.1) is 0 Å². The molecule has 64 heavy (non-hydrogen) atoms. The SMILES string of the molecule is CC/C=C\C/C=C\C/C=C\C/C=C\C/C=C\CC(CC(=O)NC(CO)C(O)CCCCCCCCCCCCCCCC)OC(=O)CCCCCCC/C=C/CCCCCCCCC. The molecule has 0 spiro atoms. The molecule has 0 aromatic rings. The van der Waals surface area contributed by atoms with E-state index in [9.17, 15) is 19.8 Å². The van der Waals surface area contributed by atoms with Gasteiger partial charge in [-0.25, -0.2) is 0 Å². The highest BCUT2D eigenvalue weighted by molar-refractivity contribution is 5.77. The minimum Gasteiger partial charge on any atom is -0.461 e. The summed E-state index contributed by atoms with van der Waals surface area (Å²) in [7, 11) is 0. The Kier molecular flexibility index (Phi) is 49.1. The van der Waals surface area contributed by atoms with Crippen molar-refractivity contribution >= 4 is 11.9 Å². The summed E-state index contributed by atoms with van der Waals surface area (Å²) in [5.41, 5.74) is 0. The molecule has 370 valence electrons. The molecule has 0 fully saturated rings. The Balaban J connectivity index is 4.70. The molecule has 3 N–H and O–H groups in total. The number of amides is 1. The van der Waals surface area contributed by atoms with Gasteiger partial charge in [0.05, 0.1) is 25.2 Å². The number of aliphatic hydroxyl groups excluding tert-OH is 2. The smallest absolute Gasteiger partial charge is 0.306 e. The molecule has 0 aromatic carbocycles. The number of ether oxygens (including phenoxy) is 1. The van der Waals surface area contributed by atoms with Gasteiger partial charge < -0.3 is 20.3 Å². The third kappa shape index (κ3) is 45.9. The number of rotatable bonds is 48. The van der Waals surface area contributed by atoms with Crippen molar-refractivity contribution < 1.29 is 24.5 Å². The van der Waals surface area contributed by atoms with Crippen LogP contribution < -0.4 is 5.32 Å². The van der Waals surface area contributed by atoms with Gasteiger partial charge in [-0.1, -0.05) is 241 Å². The van der Waals surface area contributed by atoms with Crippen LogP contribution in [0.5, 0.6) is 0 Å². The fourth-order valence-electron chi connectivity index (χ4n) is 7.92. The lowest BCUT2D eigenvalue weighted by Crippen LogP contribution is -2.46. The molecule has 6 heteroatoms. The van der Waals surface area contributed by atoms with Gasteiger partial charge in [-0.05, 0) is 70.6 Å². The number of esters is 1. The van der Waals surface area contributed by atoms with Crippen molar-refractivity contribution in [2.45, 2.75) is 277 Å². The van der Waals surface area contributed by atoms with Crippen LogP contribution in [0.4, 0.5) is 0 Å². The van der Waals surface area contributed by atoms with Crippen molar-refractivity contribution in [3.05, 3.63) is 72.9 Å². The first-order chi connectivity index (χ1) is 31.5. The van der Waals surface area contributed by atoms with E-state index in [0.717, 1.165) is 77.0 Å². The molecule has 0 aromatic heterocycles. The minimum atomic E-state index is -0.816. The molecular formula is C58H103NO5. The average molecular weight is 894 g/mol. The molecule has 0 aliphatic heterocycles. The summed E-state index contributed by atoms with van der Waals surface area (Å²) >= 11 is 0. The van der Waals surface area contributed by atoms with Crippen molar-refractivity contribution in [3.8, 4) is 0 Å². The second-order valence-corrected chi connectivity index (χ2v) is 18.3. The van der Waals surface area contributed by atoms with Gasteiger partial charge in [0.1, 0.15) is 6.10 Å². The fourth-order valence-corrected chi connectivity index (χ4v) is 7.92. The Labute approximate surface area is 396 Å². The Morgan fingerprint density at radius 1 is 0.484 bits per heavy atom. The number of nitrogens with one attached hydrogen (secondary N) is 1. The number of unbranched alkanes of at least 4 members (excludes halogenated alkanes) is 25. The van der Waals surface area contributed by atoms with Gasteiger partial charge in [-0.2, -0.15) is 0 Å². The Hall–Kier alpha value is -2.70. The predicted molar refractivity (Wildman–Crippen MR) is 278 cm³/mol. The van der Waals surface area contributed by atoms with Crippen molar-refractivity contribution in [1.82, 2.24) is 5.32 Å². The maximum absolute atomic E-state index is 13.2. The minimum absolute atomic E-state index is 0.00535. The lowest BCUT2D eigenvalue weighted by Gasteiger charge is -2.24. The molecule has 0 aliphatic carbocycles. The quantitative estimate of drug-likeness (QED) is 0.0321. The van der Waals surface area contributed by atoms with Gasteiger partial charge in [0.25, 0.3) is 0 Å². The Bertz CT molecular complexity index is 1190. The zero-order valence-electron chi connectivity index (χ0n) is 42.1.